The van der Waals surface area contributed by atoms with Gasteiger partial charge in [-0.1, -0.05) is 48.3 Å². The van der Waals surface area contributed by atoms with Crippen molar-refractivity contribution in [2.45, 2.75) is 18.9 Å². The summed E-state index contributed by atoms with van der Waals surface area (Å²) < 4.78 is 5.81. The summed E-state index contributed by atoms with van der Waals surface area (Å²) in [5, 5.41) is 4.96. The zero-order chi connectivity index (χ0) is 14.8. The lowest BCUT2D eigenvalue weighted by Crippen LogP contribution is -2.28. The first-order valence-electron chi connectivity index (χ1n) is 7.10. The maximum Gasteiger partial charge on any atom is 0.122 e. The monoisotopic (exact) mass is 321 g/mol. The molecule has 0 aliphatic carbocycles. The first-order valence-corrected chi connectivity index (χ1v) is 7.86. The Bertz CT molecular complexity index is 644. The largest absolute Gasteiger partial charge is 0.493 e. The lowest BCUT2D eigenvalue weighted by atomic mass is 9.88. The minimum absolute atomic E-state index is 0.0878. The van der Waals surface area contributed by atoms with Gasteiger partial charge in [0.1, 0.15) is 5.75 Å². The molecule has 2 atom stereocenters. The van der Waals surface area contributed by atoms with Gasteiger partial charge < -0.3 is 10.1 Å². The van der Waals surface area contributed by atoms with Crippen molar-refractivity contribution in [3.05, 3.63) is 63.6 Å². The maximum absolute atomic E-state index is 6.39. The van der Waals surface area contributed by atoms with E-state index in [0.717, 1.165) is 22.9 Å². The van der Waals surface area contributed by atoms with Gasteiger partial charge in [0, 0.05) is 27.6 Å². The van der Waals surface area contributed by atoms with Crippen molar-refractivity contribution in [3.63, 3.8) is 0 Å². The minimum Gasteiger partial charge on any atom is -0.493 e. The van der Waals surface area contributed by atoms with Crippen LogP contribution in [0.15, 0.2) is 42.5 Å². The van der Waals surface area contributed by atoms with E-state index in [1.54, 1.807) is 0 Å². The lowest BCUT2D eigenvalue weighted by Gasteiger charge is -2.25. The number of halogens is 2. The van der Waals surface area contributed by atoms with E-state index in [9.17, 15) is 0 Å². The molecule has 3 rings (SSSR count). The van der Waals surface area contributed by atoms with Gasteiger partial charge in [0.2, 0.25) is 0 Å². The highest BCUT2D eigenvalue weighted by atomic mass is 35.5. The van der Waals surface area contributed by atoms with Crippen LogP contribution in [0.2, 0.25) is 10.0 Å². The van der Waals surface area contributed by atoms with Crippen molar-refractivity contribution >= 4 is 23.2 Å². The number of rotatable bonds is 4. The second kappa shape index (κ2) is 6.27. The zero-order valence-electron chi connectivity index (χ0n) is 11.8. The van der Waals surface area contributed by atoms with E-state index in [1.165, 1.54) is 5.56 Å². The average Bonchev–Trinajstić information content (AvgIpc) is 2.91. The van der Waals surface area contributed by atoms with Crippen LogP contribution >= 0.6 is 23.2 Å². The predicted octanol–water partition coefficient (Wildman–Crippen LogP) is 4.82. The van der Waals surface area contributed by atoms with Crippen LogP contribution in [0, 0.1) is 0 Å². The van der Waals surface area contributed by atoms with Crippen LogP contribution in [-0.4, -0.2) is 13.2 Å². The molecule has 4 heteroatoms. The molecule has 2 unspecified atom stereocenters. The van der Waals surface area contributed by atoms with Crippen molar-refractivity contribution in [3.8, 4) is 5.75 Å². The van der Waals surface area contributed by atoms with Crippen molar-refractivity contribution in [1.82, 2.24) is 5.32 Å². The van der Waals surface area contributed by atoms with Crippen LogP contribution in [0.4, 0.5) is 0 Å². The number of nitrogens with one attached hydrogen (secondary N) is 1. The maximum atomic E-state index is 6.39. The predicted molar refractivity (Wildman–Crippen MR) is 87.6 cm³/mol. The van der Waals surface area contributed by atoms with E-state index in [-0.39, 0.29) is 12.0 Å². The van der Waals surface area contributed by atoms with Gasteiger partial charge in [-0.05, 0) is 36.4 Å². The molecule has 0 saturated heterocycles. The summed E-state index contributed by atoms with van der Waals surface area (Å²) in [5.41, 5.74) is 2.25. The molecule has 0 bridgehead atoms. The van der Waals surface area contributed by atoms with Gasteiger partial charge in [-0.25, -0.2) is 0 Å². The number of para-hydroxylation sites is 1. The van der Waals surface area contributed by atoms with Crippen LogP contribution in [0.5, 0.6) is 5.75 Å². The van der Waals surface area contributed by atoms with Gasteiger partial charge in [0.25, 0.3) is 0 Å². The lowest BCUT2D eigenvalue weighted by molar-refractivity contribution is 0.301. The van der Waals surface area contributed by atoms with Crippen LogP contribution < -0.4 is 10.1 Å². The van der Waals surface area contributed by atoms with Gasteiger partial charge in [-0.2, -0.15) is 0 Å². The molecule has 110 valence electrons. The molecule has 2 aromatic rings. The Morgan fingerprint density at radius 3 is 2.86 bits per heavy atom. The number of benzene rings is 2. The first kappa shape index (κ1) is 14.7. The SMILES string of the molecule is CCNC(c1cc(Cl)ccc1Cl)C1COc2ccccc21. The molecule has 1 heterocycles. The van der Waals surface area contributed by atoms with Gasteiger partial charge in [0.15, 0.2) is 0 Å². The van der Waals surface area contributed by atoms with Gasteiger partial charge in [-0.3, -0.25) is 0 Å². The average molecular weight is 322 g/mol. The zero-order valence-corrected chi connectivity index (χ0v) is 13.3. The third-order valence-corrected chi connectivity index (χ3v) is 4.44. The molecule has 0 saturated carbocycles. The number of fused-ring (bicyclic) bond motifs is 1. The highest BCUT2D eigenvalue weighted by Crippen LogP contribution is 2.43. The Balaban J connectivity index is 2.01. The quantitative estimate of drug-likeness (QED) is 0.871. The molecule has 21 heavy (non-hydrogen) atoms. The van der Waals surface area contributed by atoms with Crippen LogP contribution in [0.25, 0.3) is 0 Å². The fourth-order valence-electron chi connectivity index (χ4n) is 2.91. The third kappa shape index (κ3) is 2.89. The molecule has 0 radical (unpaired) electrons. The van der Waals surface area contributed by atoms with E-state index in [4.69, 9.17) is 27.9 Å². The van der Waals surface area contributed by atoms with E-state index >= 15 is 0 Å². The van der Waals surface area contributed by atoms with Crippen molar-refractivity contribution in [2.24, 2.45) is 0 Å². The smallest absolute Gasteiger partial charge is 0.122 e. The molecule has 1 aliphatic rings. The number of hydrogen-bond acceptors (Lipinski definition) is 2. The Morgan fingerprint density at radius 2 is 2.05 bits per heavy atom. The fourth-order valence-corrected chi connectivity index (χ4v) is 3.32. The third-order valence-electron chi connectivity index (χ3n) is 3.86. The van der Waals surface area contributed by atoms with Crippen molar-refractivity contribution in [2.75, 3.05) is 13.2 Å². The second-order valence-electron chi connectivity index (χ2n) is 5.16. The molecular weight excluding hydrogens is 305 g/mol. The highest BCUT2D eigenvalue weighted by Gasteiger charge is 2.32. The molecular formula is C17H17Cl2NO. The highest BCUT2D eigenvalue weighted by molar-refractivity contribution is 6.33. The summed E-state index contributed by atoms with van der Waals surface area (Å²) in [5.74, 6) is 1.20. The van der Waals surface area contributed by atoms with E-state index in [1.807, 2.05) is 36.4 Å². The van der Waals surface area contributed by atoms with Gasteiger partial charge >= 0.3 is 0 Å². The molecule has 0 amide bonds. The number of hydrogen-bond donors (Lipinski definition) is 1. The van der Waals surface area contributed by atoms with E-state index < -0.39 is 0 Å². The summed E-state index contributed by atoms with van der Waals surface area (Å²) in [6.45, 7) is 3.60. The molecule has 2 aromatic carbocycles. The van der Waals surface area contributed by atoms with E-state index in [0.29, 0.717) is 11.6 Å². The Morgan fingerprint density at radius 1 is 1.24 bits per heavy atom. The second-order valence-corrected chi connectivity index (χ2v) is 6.00. The Labute approximate surface area is 135 Å². The normalized spacial score (nSPS) is 18.1. The molecule has 0 aromatic heterocycles. The molecule has 2 nitrogen and oxygen atoms in total. The van der Waals surface area contributed by atoms with Gasteiger partial charge in [0.05, 0.1) is 6.61 Å². The minimum atomic E-state index is 0.0878. The molecule has 0 spiro atoms. The number of likely N-dealkylation sites (N-methyl/N-ethyl adjacent to an activating group) is 1. The van der Waals surface area contributed by atoms with Crippen molar-refractivity contribution in [1.29, 1.82) is 0 Å². The van der Waals surface area contributed by atoms with Crippen molar-refractivity contribution < 1.29 is 4.74 Å². The first-order chi connectivity index (χ1) is 10.2. The van der Waals surface area contributed by atoms with Crippen LogP contribution in [0.3, 0.4) is 0 Å². The Kier molecular flexibility index (Phi) is 4.39. The fraction of sp³-hybridized carbons (Fsp3) is 0.294. The van der Waals surface area contributed by atoms with Gasteiger partial charge in [-0.15, -0.1) is 0 Å². The topological polar surface area (TPSA) is 21.3 Å². The van der Waals surface area contributed by atoms with E-state index in [2.05, 4.69) is 18.3 Å². The molecule has 1 N–H and O–H groups in total. The molecule has 1 aliphatic heterocycles. The Hall–Kier alpha value is -1.22. The standard InChI is InChI=1S/C17H17Cl2NO/c1-2-20-17(13-9-11(18)7-8-15(13)19)14-10-21-16-6-4-3-5-12(14)16/h3-9,14,17,20H,2,10H2,1H3. The summed E-state index contributed by atoms with van der Waals surface area (Å²) >= 11 is 12.5. The summed E-state index contributed by atoms with van der Waals surface area (Å²) in [7, 11) is 0. The van der Waals surface area contributed by atoms with Crippen LogP contribution in [-0.2, 0) is 0 Å². The van der Waals surface area contributed by atoms with Crippen LogP contribution in [0.1, 0.15) is 30.0 Å². The molecule has 0 fully saturated rings. The summed E-state index contributed by atoms with van der Waals surface area (Å²) in [6.07, 6.45) is 0. The summed E-state index contributed by atoms with van der Waals surface area (Å²) in [6, 6.07) is 13.9. The summed E-state index contributed by atoms with van der Waals surface area (Å²) in [4.78, 5) is 0. The number of ether oxygens (including phenoxy) is 1.